The van der Waals surface area contributed by atoms with Crippen molar-refractivity contribution in [3.05, 3.63) is 57.0 Å². The summed E-state index contributed by atoms with van der Waals surface area (Å²) in [5, 5.41) is 4.26. The van der Waals surface area contributed by atoms with E-state index >= 15 is 0 Å². The zero-order chi connectivity index (χ0) is 16.3. The fourth-order valence-corrected chi connectivity index (χ4v) is 2.46. The van der Waals surface area contributed by atoms with Gasteiger partial charge in [0, 0.05) is 20.8 Å². The topological polar surface area (TPSA) is 38.3 Å². The van der Waals surface area contributed by atoms with Crippen molar-refractivity contribution in [3.63, 3.8) is 0 Å². The zero-order valence-electron chi connectivity index (χ0n) is 12.0. The zero-order valence-corrected chi connectivity index (χ0v) is 14.3. The molecule has 1 N–H and O–H groups in total. The first kappa shape index (κ1) is 16.9. The van der Waals surface area contributed by atoms with Crippen LogP contribution in [0, 0.1) is 6.92 Å². The Labute approximate surface area is 144 Å². The van der Waals surface area contributed by atoms with Gasteiger partial charge in [0.1, 0.15) is 5.75 Å². The van der Waals surface area contributed by atoms with Crippen LogP contribution in [-0.2, 0) is 4.79 Å². The van der Waals surface area contributed by atoms with E-state index in [1.807, 2.05) is 6.92 Å². The fourth-order valence-electron chi connectivity index (χ4n) is 1.82. The molecule has 1 amide bonds. The molecule has 0 unspecified atom stereocenters. The van der Waals surface area contributed by atoms with E-state index in [9.17, 15) is 4.79 Å². The lowest BCUT2D eigenvalue weighted by molar-refractivity contribution is -0.122. The second-order valence-electron chi connectivity index (χ2n) is 4.82. The minimum atomic E-state index is -0.682. The lowest BCUT2D eigenvalue weighted by Gasteiger charge is -2.15. The molecule has 3 nitrogen and oxygen atoms in total. The van der Waals surface area contributed by atoms with Crippen molar-refractivity contribution < 1.29 is 9.53 Å². The number of hydrogen-bond acceptors (Lipinski definition) is 2. The minimum Gasteiger partial charge on any atom is -0.481 e. The molecule has 0 radical (unpaired) electrons. The smallest absolute Gasteiger partial charge is 0.265 e. The summed E-state index contributed by atoms with van der Waals surface area (Å²) in [5.74, 6) is 0.277. The highest BCUT2D eigenvalue weighted by molar-refractivity contribution is 6.35. The Morgan fingerprint density at radius 1 is 1.09 bits per heavy atom. The molecule has 0 aromatic heterocycles. The molecule has 0 saturated carbocycles. The second kappa shape index (κ2) is 7.23. The summed E-state index contributed by atoms with van der Waals surface area (Å²) in [5.41, 5.74) is 1.40. The molecule has 0 saturated heterocycles. The van der Waals surface area contributed by atoms with Crippen molar-refractivity contribution in [2.75, 3.05) is 5.32 Å². The Morgan fingerprint density at radius 2 is 1.73 bits per heavy atom. The summed E-state index contributed by atoms with van der Waals surface area (Å²) >= 11 is 17.7. The van der Waals surface area contributed by atoms with Crippen LogP contribution in [-0.4, -0.2) is 12.0 Å². The predicted molar refractivity (Wildman–Crippen MR) is 91.4 cm³/mol. The van der Waals surface area contributed by atoms with E-state index in [1.165, 1.54) is 0 Å². The first-order valence-corrected chi connectivity index (χ1v) is 7.68. The maximum Gasteiger partial charge on any atom is 0.265 e. The SMILES string of the molecule is Cc1cc(O[C@H](C)C(=O)Nc2cc(Cl)cc(Cl)c2)ccc1Cl. The third kappa shape index (κ3) is 4.54. The number of carbonyl (C=O) groups excluding carboxylic acids is 1. The lowest BCUT2D eigenvalue weighted by Crippen LogP contribution is -2.30. The summed E-state index contributed by atoms with van der Waals surface area (Å²) in [6.07, 6.45) is -0.682. The highest BCUT2D eigenvalue weighted by atomic mass is 35.5. The normalized spacial score (nSPS) is 11.9. The molecule has 0 aliphatic carbocycles. The van der Waals surface area contributed by atoms with Crippen LogP contribution in [0.4, 0.5) is 5.69 Å². The number of aryl methyl sites for hydroxylation is 1. The van der Waals surface area contributed by atoms with Crippen LogP contribution in [0.15, 0.2) is 36.4 Å². The molecule has 0 bridgehead atoms. The molecule has 1 atom stereocenters. The average Bonchev–Trinajstić information content (AvgIpc) is 2.41. The van der Waals surface area contributed by atoms with Gasteiger partial charge in [-0.3, -0.25) is 4.79 Å². The number of amides is 1. The van der Waals surface area contributed by atoms with Crippen LogP contribution < -0.4 is 10.1 Å². The monoisotopic (exact) mass is 357 g/mol. The Balaban J connectivity index is 2.04. The van der Waals surface area contributed by atoms with Gasteiger partial charge in [0.05, 0.1) is 0 Å². The number of rotatable bonds is 4. The minimum absolute atomic E-state index is 0.300. The second-order valence-corrected chi connectivity index (χ2v) is 6.10. The predicted octanol–water partition coefficient (Wildman–Crippen LogP) is 5.36. The maximum atomic E-state index is 12.1. The Kier molecular flexibility index (Phi) is 5.57. The molecule has 116 valence electrons. The van der Waals surface area contributed by atoms with Gasteiger partial charge < -0.3 is 10.1 Å². The van der Waals surface area contributed by atoms with Gasteiger partial charge in [-0.15, -0.1) is 0 Å². The molecule has 22 heavy (non-hydrogen) atoms. The third-order valence-corrected chi connectivity index (χ3v) is 3.80. The van der Waals surface area contributed by atoms with Gasteiger partial charge >= 0.3 is 0 Å². The molecule has 2 aromatic carbocycles. The number of carbonyl (C=O) groups is 1. The number of hydrogen-bond donors (Lipinski definition) is 1. The largest absolute Gasteiger partial charge is 0.481 e. The number of anilines is 1. The van der Waals surface area contributed by atoms with E-state index in [4.69, 9.17) is 39.5 Å². The number of benzene rings is 2. The van der Waals surface area contributed by atoms with Crippen LogP contribution in [0.3, 0.4) is 0 Å². The summed E-state index contributed by atoms with van der Waals surface area (Å²) in [6.45, 7) is 3.53. The van der Waals surface area contributed by atoms with Crippen molar-refractivity contribution in [2.45, 2.75) is 20.0 Å². The molecule has 0 fully saturated rings. The molecule has 0 aliphatic rings. The molecule has 2 aromatic rings. The molecule has 0 heterocycles. The van der Waals surface area contributed by atoms with Gasteiger partial charge in [-0.1, -0.05) is 34.8 Å². The van der Waals surface area contributed by atoms with E-state index in [1.54, 1.807) is 43.3 Å². The van der Waals surface area contributed by atoms with Crippen LogP contribution >= 0.6 is 34.8 Å². The number of nitrogens with one attached hydrogen (secondary N) is 1. The Hall–Kier alpha value is -1.42. The quantitative estimate of drug-likeness (QED) is 0.799. The summed E-state index contributed by atoms with van der Waals surface area (Å²) in [7, 11) is 0. The summed E-state index contributed by atoms with van der Waals surface area (Å²) in [6, 6.07) is 10.1. The first-order valence-electron chi connectivity index (χ1n) is 6.55. The average molecular weight is 359 g/mol. The van der Waals surface area contributed by atoms with E-state index in [-0.39, 0.29) is 5.91 Å². The molecular formula is C16H14Cl3NO2. The highest BCUT2D eigenvalue weighted by Gasteiger charge is 2.15. The highest BCUT2D eigenvalue weighted by Crippen LogP contribution is 2.24. The van der Waals surface area contributed by atoms with Gasteiger partial charge in [0.25, 0.3) is 5.91 Å². The molecule has 0 spiro atoms. The van der Waals surface area contributed by atoms with Gasteiger partial charge in [-0.25, -0.2) is 0 Å². The lowest BCUT2D eigenvalue weighted by atomic mass is 10.2. The van der Waals surface area contributed by atoms with E-state index in [2.05, 4.69) is 5.32 Å². The van der Waals surface area contributed by atoms with Gasteiger partial charge in [-0.2, -0.15) is 0 Å². The summed E-state index contributed by atoms with van der Waals surface area (Å²) in [4.78, 5) is 12.1. The first-order chi connectivity index (χ1) is 10.3. The summed E-state index contributed by atoms with van der Waals surface area (Å²) < 4.78 is 5.61. The van der Waals surface area contributed by atoms with Crippen molar-refractivity contribution in [3.8, 4) is 5.75 Å². The van der Waals surface area contributed by atoms with Gasteiger partial charge in [0.15, 0.2) is 6.10 Å². The molecular weight excluding hydrogens is 345 g/mol. The van der Waals surface area contributed by atoms with Crippen LogP contribution in [0.25, 0.3) is 0 Å². The van der Waals surface area contributed by atoms with E-state index in [0.29, 0.717) is 26.5 Å². The van der Waals surface area contributed by atoms with Crippen molar-refractivity contribution >= 4 is 46.4 Å². The van der Waals surface area contributed by atoms with Crippen LogP contribution in [0.5, 0.6) is 5.75 Å². The molecule has 6 heteroatoms. The van der Waals surface area contributed by atoms with E-state index in [0.717, 1.165) is 5.56 Å². The number of halogens is 3. The Morgan fingerprint density at radius 3 is 2.32 bits per heavy atom. The fraction of sp³-hybridized carbons (Fsp3) is 0.188. The van der Waals surface area contributed by atoms with E-state index < -0.39 is 6.10 Å². The maximum absolute atomic E-state index is 12.1. The number of ether oxygens (including phenoxy) is 1. The van der Waals surface area contributed by atoms with Crippen LogP contribution in [0.2, 0.25) is 15.1 Å². The Bertz CT molecular complexity index is 684. The van der Waals surface area contributed by atoms with Crippen molar-refractivity contribution in [1.29, 1.82) is 0 Å². The third-order valence-electron chi connectivity index (χ3n) is 2.94. The van der Waals surface area contributed by atoms with Gasteiger partial charge in [-0.05, 0) is 55.8 Å². The standard InChI is InChI=1S/C16H14Cl3NO2/c1-9-5-14(3-4-15(9)19)22-10(2)16(21)20-13-7-11(17)6-12(18)8-13/h3-8,10H,1-2H3,(H,20,21)/t10-/m1/s1. The van der Waals surface area contributed by atoms with Crippen molar-refractivity contribution in [2.24, 2.45) is 0 Å². The molecule has 0 aliphatic heterocycles. The van der Waals surface area contributed by atoms with Crippen molar-refractivity contribution in [1.82, 2.24) is 0 Å². The van der Waals surface area contributed by atoms with Crippen LogP contribution in [0.1, 0.15) is 12.5 Å². The molecule has 2 rings (SSSR count). The van der Waals surface area contributed by atoms with Gasteiger partial charge in [0.2, 0.25) is 0 Å².